The molecule has 0 aliphatic heterocycles. The minimum atomic E-state index is -0.273. The van der Waals surface area contributed by atoms with Gasteiger partial charge in [0.1, 0.15) is 0 Å². The zero-order valence-corrected chi connectivity index (χ0v) is 11.8. The lowest BCUT2D eigenvalue weighted by molar-refractivity contribution is 0.0917. The maximum absolute atomic E-state index is 12.1. The van der Waals surface area contributed by atoms with Gasteiger partial charge >= 0.3 is 0 Å². The first-order chi connectivity index (χ1) is 10.7. The van der Waals surface area contributed by atoms with Crippen molar-refractivity contribution in [3.63, 3.8) is 0 Å². The number of fused-ring (bicyclic) bond motifs is 1. The number of benzene rings is 2. The summed E-state index contributed by atoms with van der Waals surface area (Å²) in [6.45, 7) is 0.0192. The fraction of sp³-hybridized carbons (Fsp3) is 0.0588. The molecule has 2 aromatic carbocycles. The summed E-state index contributed by atoms with van der Waals surface area (Å²) in [6, 6.07) is 18.3. The van der Waals surface area contributed by atoms with Crippen molar-refractivity contribution in [1.82, 2.24) is 15.8 Å². The number of H-pyrrole nitrogens is 1. The van der Waals surface area contributed by atoms with Crippen LogP contribution < -0.4 is 10.9 Å². The normalized spacial score (nSPS) is 10.5. The highest BCUT2D eigenvalue weighted by molar-refractivity contribution is 6.01. The Labute approximate surface area is 127 Å². The van der Waals surface area contributed by atoms with Gasteiger partial charge < -0.3 is 4.98 Å². The van der Waals surface area contributed by atoms with Gasteiger partial charge in [0.2, 0.25) is 0 Å². The van der Waals surface area contributed by atoms with Gasteiger partial charge in [0.15, 0.2) is 5.78 Å². The highest BCUT2D eigenvalue weighted by Gasteiger charge is 2.10. The molecule has 0 fully saturated rings. The number of carbonyl (C=O) groups excluding carboxylic acids is 2. The number of Topliss-reactive ketones (excluding diaryl/α,β-unsaturated/α-hetero) is 1. The van der Waals surface area contributed by atoms with Crippen molar-refractivity contribution < 1.29 is 9.59 Å². The molecule has 0 aliphatic rings. The molecule has 3 aromatic rings. The third kappa shape index (κ3) is 3.05. The third-order valence-corrected chi connectivity index (χ3v) is 3.32. The van der Waals surface area contributed by atoms with Crippen LogP contribution in [0.3, 0.4) is 0 Å². The van der Waals surface area contributed by atoms with Crippen LogP contribution in [-0.4, -0.2) is 23.2 Å². The van der Waals surface area contributed by atoms with Crippen LogP contribution in [0.1, 0.15) is 20.8 Å². The van der Waals surface area contributed by atoms with Crippen molar-refractivity contribution in [3.8, 4) is 0 Å². The number of aromatic nitrogens is 1. The molecule has 0 aliphatic carbocycles. The smallest absolute Gasteiger partial charge is 0.265 e. The summed E-state index contributed by atoms with van der Waals surface area (Å²) < 4.78 is 0. The molecule has 1 heterocycles. The molecule has 0 atom stereocenters. The molecule has 0 saturated heterocycles. The highest BCUT2D eigenvalue weighted by Crippen LogP contribution is 2.14. The fourth-order valence-electron chi connectivity index (χ4n) is 2.19. The summed E-state index contributed by atoms with van der Waals surface area (Å²) in [5.41, 5.74) is 7.13. The first kappa shape index (κ1) is 14.0. The van der Waals surface area contributed by atoms with E-state index in [2.05, 4.69) is 15.8 Å². The largest absolute Gasteiger partial charge is 0.352 e. The van der Waals surface area contributed by atoms with Gasteiger partial charge in [0.25, 0.3) is 5.91 Å². The first-order valence-corrected chi connectivity index (χ1v) is 6.93. The SMILES string of the molecule is O=C(NNCC(=O)c1cc2ccccc2[nH]1)c1ccccc1. The van der Waals surface area contributed by atoms with Crippen LogP contribution in [0.25, 0.3) is 10.9 Å². The average molecular weight is 293 g/mol. The second-order valence-corrected chi connectivity index (χ2v) is 4.87. The van der Waals surface area contributed by atoms with Gasteiger partial charge in [-0.05, 0) is 24.3 Å². The molecule has 0 unspecified atom stereocenters. The molecule has 110 valence electrons. The minimum absolute atomic E-state index is 0.0192. The molecule has 3 N–H and O–H groups in total. The van der Waals surface area contributed by atoms with Gasteiger partial charge in [-0.2, -0.15) is 0 Å². The predicted octanol–water partition coefficient (Wildman–Crippen LogP) is 2.29. The Bertz CT molecular complexity index is 776. The van der Waals surface area contributed by atoms with E-state index in [9.17, 15) is 9.59 Å². The lowest BCUT2D eigenvalue weighted by Gasteiger charge is -2.05. The predicted molar refractivity (Wildman–Crippen MR) is 84.5 cm³/mol. The van der Waals surface area contributed by atoms with Crippen LogP contribution in [0, 0.1) is 0 Å². The molecular formula is C17H15N3O2. The Morgan fingerprint density at radius 3 is 2.45 bits per heavy atom. The summed E-state index contributed by atoms with van der Waals surface area (Å²) >= 11 is 0. The van der Waals surface area contributed by atoms with E-state index in [-0.39, 0.29) is 18.2 Å². The van der Waals surface area contributed by atoms with Crippen LogP contribution in [0.2, 0.25) is 0 Å². The number of hydrazine groups is 1. The Hall–Kier alpha value is -2.92. The van der Waals surface area contributed by atoms with Crippen LogP contribution >= 0.6 is 0 Å². The van der Waals surface area contributed by atoms with E-state index < -0.39 is 0 Å². The molecule has 5 heteroatoms. The number of ketones is 1. The van der Waals surface area contributed by atoms with Crippen LogP contribution in [0.15, 0.2) is 60.7 Å². The van der Waals surface area contributed by atoms with Crippen molar-refractivity contribution in [3.05, 3.63) is 71.9 Å². The van der Waals surface area contributed by atoms with Gasteiger partial charge in [-0.15, -0.1) is 0 Å². The Morgan fingerprint density at radius 2 is 1.68 bits per heavy atom. The maximum Gasteiger partial charge on any atom is 0.265 e. The van der Waals surface area contributed by atoms with Gasteiger partial charge in [-0.25, -0.2) is 5.43 Å². The summed E-state index contributed by atoms with van der Waals surface area (Å²) in [5, 5.41) is 0.985. The molecule has 0 spiro atoms. The zero-order valence-electron chi connectivity index (χ0n) is 11.8. The monoisotopic (exact) mass is 293 g/mol. The Balaban J connectivity index is 1.57. The quantitative estimate of drug-likeness (QED) is 0.499. The van der Waals surface area contributed by atoms with Crippen molar-refractivity contribution >= 4 is 22.6 Å². The van der Waals surface area contributed by atoms with Crippen LogP contribution in [0.5, 0.6) is 0 Å². The summed E-state index contributed by atoms with van der Waals surface area (Å²) in [6.07, 6.45) is 0. The van der Waals surface area contributed by atoms with E-state index in [1.54, 1.807) is 30.3 Å². The van der Waals surface area contributed by atoms with Gasteiger partial charge in [0, 0.05) is 16.5 Å². The topological polar surface area (TPSA) is 74.0 Å². The van der Waals surface area contributed by atoms with Crippen LogP contribution in [0.4, 0.5) is 0 Å². The van der Waals surface area contributed by atoms with Crippen molar-refractivity contribution in [2.45, 2.75) is 0 Å². The Morgan fingerprint density at radius 1 is 0.955 bits per heavy atom. The van der Waals surface area contributed by atoms with Gasteiger partial charge in [-0.3, -0.25) is 15.0 Å². The summed E-state index contributed by atoms with van der Waals surface area (Å²) in [4.78, 5) is 27.0. The maximum atomic E-state index is 12.1. The number of hydrogen-bond donors (Lipinski definition) is 3. The van der Waals surface area contributed by atoms with E-state index in [0.717, 1.165) is 10.9 Å². The summed E-state index contributed by atoms with van der Waals surface area (Å²) in [7, 11) is 0. The molecule has 0 radical (unpaired) electrons. The number of aromatic amines is 1. The number of rotatable bonds is 5. The molecule has 1 amide bonds. The van der Waals surface area contributed by atoms with Gasteiger partial charge in [-0.1, -0.05) is 36.4 Å². The van der Waals surface area contributed by atoms with Crippen LogP contribution in [-0.2, 0) is 0 Å². The molecular weight excluding hydrogens is 278 g/mol. The third-order valence-electron chi connectivity index (χ3n) is 3.32. The fourth-order valence-corrected chi connectivity index (χ4v) is 2.19. The van der Waals surface area contributed by atoms with E-state index in [1.165, 1.54) is 0 Å². The lowest BCUT2D eigenvalue weighted by atomic mass is 10.2. The van der Waals surface area contributed by atoms with Gasteiger partial charge in [0.05, 0.1) is 12.2 Å². The van der Waals surface area contributed by atoms with E-state index in [4.69, 9.17) is 0 Å². The molecule has 22 heavy (non-hydrogen) atoms. The molecule has 0 bridgehead atoms. The lowest BCUT2D eigenvalue weighted by Crippen LogP contribution is -2.40. The second-order valence-electron chi connectivity index (χ2n) is 4.87. The molecule has 3 rings (SSSR count). The second kappa shape index (κ2) is 6.24. The van der Waals surface area contributed by atoms with Crippen molar-refractivity contribution in [2.24, 2.45) is 0 Å². The molecule has 0 saturated carbocycles. The van der Waals surface area contributed by atoms with Crippen molar-refractivity contribution in [2.75, 3.05) is 6.54 Å². The number of hydrogen-bond acceptors (Lipinski definition) is 3. The van der Waals surface area contributed by atoms with E-state index in [1.807, 2.05) is 30.3 Å². The molecule has 5 nitrogen and oxygen atoms in total. The van der Waals surface area contributed by atoms with E-state index >= 15 is 0 Å². The van der Waals surface area contributed by atoms with E-state index in [0.29, 0.717) is 11.3 Å². The minimum Gasteiger partial charge on any atom is -0.352 e. The highest BCUT2D eigenvalue weighted by atomic mass is 16.2. The number of nitrogens with one attached hydrogen (secondary N) is 3. The number of carbonyl (C=O) groups is 2. The number of para-hydroxylation sites is 1. The number of amides is 1. The zero-order chi connectivity index (χ0) is 15.4. The standard InChI is InChI=1S/C17H15N3O2/c21-16(15-10-13-8-4-5-9-14(13)19-15)11-18-20-17(22)12-6-2-1-3-7-12/h1-10,18-19H,11H2,(H,20,22). The van der Waals surface area contributed by atoms with Crippen molar-refractivity contribution in [1.29, 1.82) is 0 Å². The Kier molecular flexibility index (Phi) is 3.98. The average Bonchev–Trinajstić information content (AvgIpc) is 2.99. The summed E-state index contributed by atoms with van der Waals surface area (Å²) in [5.74, 6) is -0.394. The first-order valence-electron chi connectivity index (χ1n) is 6.93. The molecule has 1 aromatic heterocycles.